The van der Waals surface area contributed by atoms with Crippen LogP contribution < -0.4 is 0 Å². The van der Waals surface area contributed by atoms with Crippen LogP contribution in [0.3, 0.4) is 0 Å². The van der Waals surface area contributed by atoms with Crippen molar-refractivity contribution in [2.75, 3.05) is 6.61 Å². The van der Waals surface area contributed by atoms with Crippen LogP contribution in [0.5, 0.6) is 0 Å². The minimum Gasteiger partial charge on any atom is -0.481 e. The van der Waals surface area contributed by atoms with E-state index in [1.165, 1.54) is 12.5 Å². The summed E-state index contributed by atoms with van der Waals surface area (Å²) in [7, 11) is 0. The van der Waals surface area contributed by atoms with Gasteiger partial charge in [-0.05, 0) is 111 Å². The van der Waals surface area contributed by atoms with E-state index in [1.807, 2.05) is 0 Å². The highest BCUT2D eigenvalue weighted by Gasteiger charge is 2.70. The molecule has 3 aliphatic heterocycles. The average Bonchev–Trinajstić information content (AvgIpc) is 3.27. The van der Waals surface area contributed by atoms with E-state index in [0.29, 0.717) is 32.1 Å². The number of aliphatic carboxylic acids is 2. The Bertz CT molecular complexity index is 1910. The van der Waals surface area contributed by atoms with Gasteiger partial charge in [-0.1, -0.05) is 53.2 Å². The number of ether oxygens (including phenoxy) is 6. The van der Waals surface area contributed by atoms with Crippen molar-refractivity contribution < 1.29 is 93.9 Å². The summed E-state index contributed by atoms with van der Waals surface area (Å²) in [5, 5.41) is 107. The van der Waals surface area contributed by atoms with Gasteiger partial charge in [0.05, 0.1) is 29.6 Å². The fourth-order valence-electron chi connectivity index (χ4n) is 14.9. The van der Waals surface area contributed by atoms with Crippen LogP contribution in [-0.4, -0.2) is 174 Å². The molecule has 0 amide bonds. The Morgan fingerprint density at radius 2 is 1.33 bits per heavy atom. The highest BCUT2D eigenvalue weighted by molar-refractivity contribution is 5.77. The SMILES string of the molecule is C[C@@H]1O[C@@H](O[C@H]2[C@H](O)[C@@H](C(=O)O)O[C@@H](O[C@H]3CC[C@]4(C)[C@H]5CC=C6[C@@H]7CC(C)(C)CC[C@]7(C(=O)O)CC[C@@]6(C)[C@]5(C)CC[C@H]4[C@]3(C)C=O)[C@@H]2O[C@@H]2O[C@H](CO)[C@H](O)[C@H](O)[C@H]2O)[C@H](O)[C@H](O)[C@H]1O. The van der Waals surface area contributed by atoms with E-state index in [2.05, 4.69) is 40.7 Å². The number of aliphatic hydroxyl groups is 8. The number of hydrogen-bond acceptors (Lipinski definition) is 17. The number of carboxylic acid groups (broad SMARTS) is 2. The number of carboxylic acids is 2. The van der Waals surface area contributed by atoms with E-state index in [4.69, 9.17) is 28.4 Å². The molecule has 0 aromatic heterocycles. The van der Waals surface area contributed by atoms with Gasteiger partial charge in [0.1, 0.15) is 67.3 Å². The maximum absolute atomic E-state index is 13.8. The van der Waals surface area contributed by atoms with Gasteiger partial charge < -0.3 is 84.3 Å². The van der Waals surface area contributed by atoms with Gasteiger partial charge in [-0.3, -0.25) is 4.79 Å². The van der Waals surface area contributed by atoms with Crippen molar-refractivity contribution in [2.45, 2.75) is 211 Å². The maximum atomic E-state index is 13.8. The van der Waals surface area contributed by atoms with E-state index in [9.17, 15) is 65.4 Å². The van der Waals surface area contributed by atoms with Crippen molar-refractivity contribution in [1.29, 1.82) is 0 Å². The van der Waals surface area contributed by atoms with Crippen LogP contribution in [0.15, 0.2) is 11.6 Å². The second-order valence-corrected chi connectivity index (χ2v) is 23.2. The number of carbonyl (C=O) groups excluding carboxylic acids is 1. The molecule has 5 aliphatic carbocycles. The van der Waals surface area contributed by atoms with Crippen LogP contribution in [0.25, 0.3) is 0 Å². The fourth-order valence-corrected chi connectivity index (χ4v) is 14.9. The molecule has 4 saturated carbocycles. The molecule has 0 aromatic rings. The molecule has 24 atom stereocenters. The minimum atomic E-state index is -2.13. The molecule has 380 valence electrons. The monoisotopic (exact) mass is 954 g/mol. The molecule has 19 heteroatoms. The van der Waals surface area contributed by atoms with E-state index in [0.717, 1.165) is 32.0 Å². The molecule has 0 spiro atoms. The lowest BCUT2D eigenvalue weighted by atomic mass is 9.33. The third kappa shape index (κ3) is 7.88. The summed E-state index contributed by atoms with van der Waals surface area (Å²) in [6.07, 6.45) is -18.3. The smallest absolute Gasteiger partial charge is 0.335 e. The molecule has 10 N–H and O–H groups in total. The summed E-state index contributed by atoms with van der Waals surface area (Å²) in [6.45, 7) is 13.8. The Kier molecular flexibility index (Phi) is 13.6. The first-order valence-corrected chi connectivity index (χ1v) is 24.2. The fraction of sp³-hybridized carbons (Fsp3) is 0.896. The third-order valence-corrected chi connectivity index (χ3v) is 19.3. The van der Waals surface area contributed by atoms with Crippen molar-refractivity contribution in [3.8, 4) is 0 Å². The highest BCUT2D eigenvalue weighted by atomic mass is 16.8. The largest absolute Gasteiger partial charge is 0.481 e. The molecular weight excluding hydrogens is 881 g/mol. The number of aliphatic hydroxyl groups excluding tert-OH is 8. The van der Waals surface area contributed by atoms with Crippen LogP contribution in [0.2, 0.25) is 0 Å². The zero-order valence-corrected chi connectivity index (χ0v) is 39.5. The first kappa shape index (κ1) is 51.2. The van der Waals surface area contributed by atoms with E-state index in [1.54, 1.807) is 6.92 Å². The molecule has 0 radical (unpaired) electrons. The lowest BCUT2D eigenvalue weighted by Crippen LogP contribution is -2.69. The predicted octanol–water partition coefficient (Wildman–Crippen LogP) is 1.01. The molecule has 19 nitrogen and oxygen atoms in total. The first-order valence-electron chi connectivity index (χ1n) is 24.2. The maximum Gasteiger partial charge on any atom is 0.335 e. The Morgan fingerprint density at radius 3 is 1.96 bits per heavy atom. The normalized spacial score (nSPS) is 54.0. The molecule has 3 heterocycles. The summed E-state index contributed by atoms with van der Waals surface area (Å²) in [6, 6.07) is 0. The molecule has 7 fully saturated rings. The molecule has 3 saturated heterocycles. The highest BCUT2D eigenvalue weighted by Crippen LogP contribution is 2.76. The van der Waals surface area contributed by atoms with Gasteiger partial charge in [0, 0.05) is 0 Å². The molecule has 0 aromatic carbocycles. The average molecular weight is 955 g/mol. The van der Waals surface area contributed by atoms with Crippen molar-refractivity contribution in [3.05, 3.63) is 11.6 Å². The van der Waals surface area contributed by atoms with E-state index >= 15 is 0 Å². The zero-order chi connectivity index (χ0) is 49.1. The standard InChI is InChI=1S/C48H74O19/c1-21-28(51)30(53)32(55)39(62-21)65-35-34(57)36(38(58)59)66-41(37(35)67-40-33(56)31(54)29(52)24(19-49)63-40)64-27-11-12-44(4)25(45(27,5)20-50)10-13-47(7)26(44)9-8-22-23-18-43(2,3)14-16-48(23,42(60)61)17-15-46(22,47)6/h8,20-21,23-37,39-41,49,51-57H,9-19H2,1-7H3,(H,58,59)(H,60,61)/t21-,23-,24+,25+,26+,27-,28-,29-,30+,31-,32+,33+,34-,35-,36-,37+,39-,40-,41+,44-,45-,46+,47+,48-/m0/s1. The number of allylic oxidation sites excluding steroid dienone is 2. The van der Waals surface area contributed by atoms with Crippen LogP contribution in [0.1, 0.15) is 113 Å². The van der Waals surface area contributed by atoms with Gasteiger partial charge in [0.25, 0.3) is 0 Å². The Morgan fingerprint density at radius 1 is 0.701 bits per heavy atom. The molecule has 67 heavy (non-hydrogen) atoms. The number of carbonyl (C=O) groups is 3. The summed E-state index contributed by atoms with van der Waals surface area (Å²) in [5.41, 5.74) is -1.73. The molecule has 0 bridgehead atoms. The second-order valence-electron chi connectivity index (χ2n) is 23.2. The quantitative estimate of drug-likeness (QED) is 0.0830. The van der Waals surface area contributed by atoms with Crippen molar-refractivity contribution in [1.82, 2.24) is 0 Å². The van der Waals surface area contributed by atoms with Gasteiger partial charge in [-0.15, -0.1) is 0 Å². The Balaban J connectivity index is 1.12. The lowest BCUT2D eigenvalue weighted by molar-refractivity contribution is -0.394. The number of hydrogen-bond donors (Lipinski definition) is 10. The number of aldehydes is 1. The van der Waals surface area contributed by atoms with Crippen LogP contribution in [0.4, 0.5) is 0 Å². The van der Waals surface area contributed by atoms with Crippen LogP contribution >= 0.6 is 0 Å². The molecular formula is C48H74O19. The van der Waals surface area contributed by atoms with Gasteiger partial charge in [0.2, 0.25) is 0 Å². The van der Waals surface area contributed by atoms with Crippen molar-refractivity contribution >= 4 is 18.2 Å². The number of rotatable bonds is 10. The predicted molar refractivity (Wildman–Crippen MR) is 230 cm³/mol. The van der Waals surface area contributed by atoms with Crippen molar-refractivity contribution in [2.24, 2.45) is 50.2 Å². The van der Waals surface area contributed by atoms with Crippen LogP contribution in [-0.2, 0) is 42.8 Å². The van der Waals surface area contributed by atoms with E-state index in [-0.39, 0.29) is 40.4 Å². The van der Waals surface area contributed by atoms with Gasteiger partial charge in [-0.25, -0.2) is 4.79 Å². The van der Waals surface area contributed by atoms with Gasteiger partial charge in [0.15, 0.2) is 25.0 Å². The summed E-state index contributed by atoms with van der Waals surface area (Å²) in [5.74, 6) is -2.63. The van der Waals surface area contributed by atoms with Gasteiger partial charge in [-0.2, -0.15) is 0 Å². The zero-order valence-electron chi connectivity index (χ0n) is 39.5. The first-order chi connectivity index (χ1) is 31.2. The Hall–Kier alpha value is -2.21. The summed E-state index contributed by atoms with van der Waals surface area (Å²) in [4.78, 5) is 39.8. The molecule has 0 unspecified atom stereocenters. The lowest BCUT2D eigenvalue weighted by Gasteiger charge is -2.71. The molecule has 8 rings (SSSR count). The van der Waals surface area contributed by atoms with Crippen LogP contribution in [0, 0.1) is 50.2 Å². The summed E-state index contributed by atoms with van der Waals surface area (Å²) < 4.78 is 36.3. The number of fused-ring (bicyclic) bond motifs is 7. The topological polar surface area (TPSA) is 309 Å². The van der Waals surface area contributed by atoms with Gasteiger partial charge >= 0.3 is 11.9 Å². The summed E-state index contributed by atoms with van der Waals surface area (Å²) >= 11 is 0. The Labute approximate surface area is 390 Å². The third-order valence-electron chi connectivity index (χ3n) is 19.3. The molecule has 8 aliphatic rings. The minimum absolute atomic E-state index is 0.000558. The second kappa shape index (κ2) is 17.8. The van der Waals surface area contributed by atoms with Crippen molar-refractivity contribution in [3.63, 3.8) is 0 Å². The van der Waals surface area contributed by atoms with E-state index < -0.39 is 133 Å².